The number of hydrogen-bond donors (Lipinski definition) is 1. The van der Waals surface area contributed by atoms with E-state index in [0.717, 1.165) is 6.54 Å². The van der Waals surface area contributed by atoms with Crippen molar-refractivity contribution in [3.05, 3.63) is 12.3 Å². The number of allylic oxidation sites excluding steroid dienone is 1. The van der Waals surface area contributed by atoms with Gasteiger partial charge in [0.15, 0.2) is 0 Å². The normalized spacial score (nSPS) is 11.7. The van der Waals surface area contributed by atoms with Gasteiger partial charge in [0.25, 0.3) is 0 Å². The van der Waals surface area contributed by atoms with E-state index in [1.165, 1.54) is 89.3 Å². The molecular weight excluding hydrogens is 304 g/mol. The van der Waals surface area contributed by atoms with Gasteiger partial charge in [0.2, 0.25) is 0 Å². The van der Waals surface area contributed by atoms with Crippen LogP contribution in [0, 0.1) is 5.92 Å². The lowest BCUT2D eigenvalue weighted by molar-refractivity contribution is 0.267. The zero-order valence-corrected chi connectivity index (χ0v) is 18.2. The summed E-state index contributed by atoms with van der Waals surface area (Å²) < 4.78 is 0. The molecule has 0 saturated carbocycles. The molecule has 2 nitrogen and oxygen atoms in total. The third-order valence-corrected chi connectivity index (χ3v) is 5.37. The lowest BCUT2D eigenvalue weighted by atomic mass is 10.0. The van der Waals surface area contributed by atoms with Crippen LogP contribution in [0.3, 0.4) is 0 Å². The lowest BCUT2D eigenvalue weighted by Crippen LogP contribution is -2.27. The molecule has 150 valence electrons. The first kappa shape index (κ1) is 24.5. The third-order valence-electron chi connectivity index (χ3n) is 5.37. The van der Waals surface area contributed by atoms with Crippen molar-refractivity contribution in [1.82, 2.24) is 10.2 Å². The summed E-state index contributed by atoms with van der Waals surface area (Å²) in [5, 5.41) is 3.44. The summed E-state index contributed by atoms with van der Waals surface area (Å²) in [4.78, 5) is 2.46. The Morgan fingerprint density at radius 1 is 0.720 bits per heavy atom. The maximum absolute atomic E-state index is 4.05. The maximum Gasteiger partial charge on any atom is 0.0143 e. The van der Waals surface area contributed by atoms with E-state index >= 15 is 0 Å². The molecule has 0 aliphatic rings. The van der Waals surface area contributed by atoms with Crippen LogP contribution in [-0.2, 0) is 0 Å². The van der Waals surface area contributed by atoms with Crippen LogP contribution in [0.1, 0.15) is 105 Å². The fraction of sp³-hybridized carbons (Fsp3) is 0.913. The molecule has 2 heteroatoms. The minimum Gasteiger partial charge on any atom is -0.389 e. The average molecular weight is 353 g/mol. The van der Waals surface area contributed by atoms with Crippen molar-refractivity contribution in [2.45, 2.75) is 111 Å². The third kappa shape index (κ3) is 16.7. The van der Waals surface area contributed by atoms with Crippen molar-refractivity contribution in [2.24, 2.45) is 5.92 Å². The molecule has 0 aromatic heterocycles. The molecule has 0 aliphatic carbocycles. The monoisotopic (exact) mass is 352 g/mol. The lowest BCUT2D eigenvalue weighted by Gasteiger charge is -2.20. The summed E-state index contributed by atoms with van der Waals surface area (Å²) in [5.74, 6) is 0.557. The number of unbranched alkanes of at least 4 members (excludes halogenated alkanes) is 11. The zero-order chi connectivity index (χ0) is 18.9. The second-order valence-corrected chi connectivity index (χ2v) is 8.42. The second kappa shape index (κ2) is 16.9. The van der Waals surface area contributed by atoms with E-state index in [9.17, 15) is 0 Å². The predicted molar refractivity (Wildman–Crippen MR) is 115 cm³/mol. The summed E-state index contributed by atoms with van der Waals surface area (Å²) in [5.41, 5.74) is 1.19. The van der Waals surface area contributed by atoms with Gasteiger partial charge in [-0.15, -0.1) is 0 Å². The molecule has 0 aromatic carbocycles. The molecule has 0 fully saturated rings. The summed E-state index contributed by atoms with van der Waals surface area (Å²) in [6, 6.07) is 0.691. The first-order chi connectivity index (χ1) is 11.9. The van der Waals surface area contributed by atoms with Gasteiger partial charge >= 0.3 is 0 Å². The van der Waals surface area contributed by atoms with Crippen molar-refractivity contribution >= 4 is 0 Å². The SMILES string of the molecule is C=C(NCCCCCCCCCCCCCCN(C)C(C)C)C(C)C. The highest BCUT2D eigenvalue weighted by molar-refractivity contribution is 4.93. The quantitative estimate of drug-likeness (QED) is 0.274. The fourth-order valence-electron chi connectivity index (χ4n) is 2.97. The molecule has 0 saturated heterocycles. The first-order valence-corrected chi connectivity index (χ1v) is 11.1. The van der Waals surface area contributed by atoms with E-state index in [1.54, 1.807) is 0 Å². The fourth-order valence-corrected chi connectivity index (χ4v) is 2.97. The smallest absolute Gasteiger partial charge is 0.0143 e. The molecule has 0 heterocycles. The molecule has 1 N–H and O–H groups in total. The van der Waals surface area contributed by atoms with E-state index in [2.05, 4.69) is 51.5 Å². The number of hydrogen-bond acceptors (Lipinski definition) is 2. The minimum absolute atomic E-state index is 0.557. The van der Waals surface area contributed by atoms with Crippen LogP contribution in [0.15, 0.2) is 12.3 Å². The number of nitrogens with zero attached hydrogens (tertiary/aromatic N) is 1. The predicted octanol–water partition coefficient (Wildman–Crippen LogP) is 6.77. The Morgan fingerprint density at radius 3 is 1.52 bits per heavy atom. The van der Waals surface area contributed by atoms with Crippen molar-refractivity contribution in [1.29, 1.82) is 0 Å². The van der Waals surface area contributed by atoms with Gasteiger partial charge in [0.1, 0.15) is 0 Å². The molecule has 0 rings (SSSR count). The highest BCUT2D eigenvalue weighted by atomic mass is 15.1. The second-order valence-electron chi connectivity index (χ2n) is 8.42. The average Bonchev–Trinajstić information content (AvgIpc) is 2.57. The van der Waals surface area contributed by atoms with Crippen LogP contribution >= 0.6 is 0 Å². The molecular formula is C23H48N2. The summed E-state index contributed by atoms with van der Waals surface area (Å²) in [6.45, 7) is 15.4. The van der Waals surface area contributed by atoms with Crippen molar-refractivity contribution in [3.63, 3.8) is 0 Å². The minimum atomic E-state index is 0.557. The van der Waals surface area contributed by atoms with Crippen molar-refractivity contribution in [3.8, 4) is 0 Å². The topological polar surface area (TPSA) is 15.3 Å². The molecule has 0 aromatic rings. The summed E-state index contributed by atoms with van der Waals surface area (Å²) >= 11 is 0. The highest BCUT2D eigenvalue weighted by Gasteiger charge is 2.01. The van der Waals surface area contributed by atoms with E-state index in [-0.39, 0.29) is 0 Å². The first-order valence-electron chi connectivity index (χ1n) is 11.1. The van der Waals surface area contributed by atoms with Gasteiger partial charge in [-0.25, -0.2) is 0 Å². The zero-order valence-electron chi connectivity index (χ0n) is 18.2. The molecule has 25 heavy (non-hydrogen) atoms. The molecule has 0 spiro atoms. The molecule has 0 amide bonds. The highest BCUT2D eigenvalue weighted by Crippen LogP contribution is 2.12. The molecule has 0 atom stereocenters. The van der Waals surface area contributed by atoms with Gasteiger partial charge in [-0.05, 0) is 46.2 Å². The molecule has 0 unspecified atom stereocenters. The Morgan fingerprint density at radius 2 is 1.12 bits per heavy atom. The van der Waals surface area contributed by atoms with Crippen molar-refractivity contribution < 1.29 is 0 Å². The van der Waals surface area contributed by atoms with Gasteiger partial charge in [0.05, 0.1) is 0 Å². The van der Waals surface area contributed by atoms with Gasteiger partial charge < -0.3 is 10.2 Å². The Bertz CT molecular complexity index is 296. The van der Waals surface area contributed by atoms with Gasteiger partial charge in [-0.2, -0.15) is 0 Å². The standard InChI is InChI=1S/C23H48N2/c1-21(2)23(5)24-19-17-15-13-11-9-7-8-10-12-14-16-18-20-25(6)22(3)4/h21-22,24H,5,7-20H2,1-4,6H3. The van der Waals surface area contributed by atoms with E-state index in [1.807, 2.05) is 0 Å². The van der Waals surface area contributed by atoms with Crippen LogP contribution in [0.2, 0.25) is 0 Å². The van der Waals surface area contributed by atoms with Gasteiger partial charge in [0, 0.05) is 18.3 Å². The van der Waals surface area contributed by atoms with Gasteiger partial charge in [-0.1, -0.05) is 84.6 Å². The van der Waals surface area contributed by atoms with Crippen molar-refractivity contribution in [2.75, 3.05) is 20.1 Å². The Kier molecular flexibility index (Phi) is 16.6. The summed E-state index contributed by atoms with van der Waals surface area (Å²) in [6.07, 6.45) is 16.9. The van der Waals surface area contributed by atoms with Crippen LogP contribution in [-0.4, -0.2) is 31.1 Å². The Labute approximate surface area is 159 Å². The van der Waals surface area contributed by atoms with E-state index in [4.69, 9.17) is 0 Å². The molecule has 0 bridgehead atoms. The van der Waals surface area contributed by atoms with Crippen LogP contribution in [0.4, 0.5) is 0 Å². The number of nitrogens with one attached hydrogen (secondary N) is 1. The molecule has 0 aliphatic heterocycles. The van der Waals surface area contributed by atoms with Crippen LogP contribution < -0.4 is 5.32 Å². The number of rotatable bonds is 18. The van der Waals surface area contributed by atoms with E-state index in [0.29, 0.717) is 12.0 Å². The molecule has 0 radical (unpaired) electrons. The van der Waals surface area contributed by atoms with Gasteiger partial charge in [-0.3, -0.25) is 0 Å². The largest absolute Gasteiger partial charge is 0.389 e. The van der Waals surface area contributed by atoms with E-state index < -0.39 is 0 Å². The summed E-state index contributed by atoms with van der Waals surface area (Å²) in [7, 11) is 2.24. The van der Waals surface area contributed by atoms with Crippen LogP contribution in [0.5, 0.6) is 0 Å². The maximum atomic E-state index is 4.05. The Balaban J connectivity index is 3.13. The van der Waals surface area contributed by atoms with Crippen LogP contribution in [0.25, 0.3) is 0 Å². The Hall–Kier alpha value is -0.500.